The minimum Gasteiger partial charge on any atom is -0.508 e. The number of aryl methyl sites for hydroxylation is 1. The Morgan fingerprint density at radius 3 is 2.75 bits per heavy atom. The fourth-order valence-corrected chi connectivity index (χ4v) is 1.63. The zero-order valence-corrected chi connectivity index (χ0v) is 9.90. The third-order valence-corrected chi connectivity index (χ3v) is 2.70. The van der Waals surface area contributed by atoms with Crippen molar-refractivity contribution in [3.8, 4) is 5.75 Å². The molecule has 1 atom stereocenters. The molecule has 0 fully saturated rings. The van der Waals surface area contributed by atoms with E-state index in [0.717, 1.165) is 11.1 Å². The second-order valence-electron chi connectivity index (χ2n) is 4.12. The van der Waals surface area contributed by atoms with Crippen LogP contribution < -0.4 is 5.73 Å². The molecular formula is C12H18N2O2. The van der Waals surface area contributed by atoms with E-state index in [2.05, 4.69) is 0 Å². The minimum atomic E-state index is -0.374. The van der Waals surface area contributed by atoms with Crippen LogP contribution in [-0.2, 0) is 4.79 Å². The summed E-state index contributed by atoms with van der Waals surface area (Å²) in [5.74, 6) is -0.129. The Hall–Kier alpha value is -1.55. The monoisotopic (exact) mass is 222 g/mol. The van der Waals surface area contributed by atoms with Gasteiger partial charge in [0.25, 0.3) is 0 Å². The van der Waals surface area contributed by atoms with Crippen LogP contribution in [0.15, 0.2) is 18.2 Å². The third kappa shape index (κ3) is 2.97. The molecule has 1 aromatic carbocycles. The third-order valence-electron chi connectivity index (χ3n) is 2.70. The van der Waals surface area contributed by atoms with E-state index in [1.165, 1.54) is 0 Å². The topological polar surface area (TPSA) is 66.6 Å². The van der Waals surface area contributed by atoms with E-state index < -0.39 is 0 Å². The lowest BCUT2D eigenvalue weighted by Crippen LogP contribution is -2.32. The highest BCUT2D eigenvalue weighted by Gasteiger charge is 2.16. The van der Waals surface area contributed by atoms with Gasteiger partial charge in [-0.1, -0.05) is 17.7 Å². The molecular weight excluding hydrogens is 204 g/mol. The Kier molecular flexibility index (Phi) is 3.90. The lowest BCUT2D eigenvalue weighted by Gasteiger charge is -2.24. The molecule has 3 N–H and O–H groups in total. The van der Waals surface area contributed by atoms with Crippen molar-refractivity contribution < 1.29 is 9.90 Å². The number of carbonyl (C=O) groups excluding carboxylic acids is 1. The van der Waals surface area contributed by atoms with E-state index in [9.17, 15) is 9.90 Å². The van der Waals surface area contributed by atoms with Crippen LogP contribution >= 0.6 is 0 Å². The van der Waals surface area contributed by atoms with Crippen LogP contribution in [0.3, 0.4) is 0 Å². The molecule has 1 aromatic rings. The summed E-state index contributed by atoms with van der Waals surface area (Å²) in [6.45, 7) is 4.07. The van der Waals surface area contributed by atoms with Gasteiger partial charge in [0.1, 0.15) is 5.75 Å². The van der Waals surface area contributed by atoms with Gasteiger partial charge in [-0.3, -0.25) is 9.69 Å². The molecule has 0 spiro atoms. The second kappa shape index (κ2) is 4.99. The van der Waals surface area contributed by atoms with Crippen LogP contribution in [0.1, 0.15) is 24.1 Å². The quantitative estimate of drug-likeness (QED) is 0.804. The normalized spacial score (nSPS) is 12.8. The van der Waals surface area contributed by atoms with Crippen molar-refractivity contribution in [1.29, 1.82) is 0 Å². The number of benzene rings is 1. The number of nitrogens with two attached hydrogens (primary N) is 1. The number of phenols is 1. The SMILES string of the molecule is Cc1ccc(O)c(C(C)N(C)CC(N)=O)c1. The molecule has 1 rings (SSSR count). The van der Waals surface area contributed by atoms with Crippen molar-refractivity contribution in [2.24, 2.45) is 5.73 Å². The van der Waals surface area contributed by atoms with Crippen LogP contribution in [-0.4, -0.2) is 29.5 Å². The highest BCUT2D eigenvalue weighted by atomic mass is 16.3. The number of amides is 1. The first-order chi connectivity index (χ1) is 7.41. The standard InChI is InChI=1S/C12H18N2O2/c1-8-4-5-11(15)10(6-8)9(2)14(3)7-12(13)16/h4-6,9,15H,7H2,1-3H3,(H2,13,16). The van der Waals surface area contributed by atoms with E-state index in [1.54, 1.807) is 18.0 Å². The molecule has 1 amide bonds. The average Bonchev–Trinajstić information content (AvgIpc) is 2.19. The lowest BCUT2D eigenvalue weighted by molar-refractivity contribution is -0.119. The molecule has 88 valence electrons. The summed E-state index contributed by atoms with van der Waals surface area (Å²) < 4.78 is 0. The van der Waals surface area contributed by atoms with Gasteiger partial charge < -0.3 is 10.8 Å². The summed E-state index contributed by atoms with van der Waals surface area (Å²) in [5, 5.41) is 9.75. The van der Waals surface area contributed by atoms with Crippen LogP contribution in [0.25, 0.3) is 0 Å². The highest BCUT2D eigenvalue weighted by Crippen LogP contribution is 2.28. The van der Waals surface area contributed by atoms with E-state index >= 15 is 0 Å². The van der Waals surface area contributed by atoms with E-state index in [0.29, 0.717) is 0 Å². The minimum absolute atomic E-state index is 0.0487. The Morgan fingerprint density at radius 1 is 1.56 bits per heavy atom. The number of primary amides is 1. The predicted octanol–water partition coefficient (Wildman–Crippen LogP) is 1.18. The molecule has 1 unspecified atom stereocenters. The smallest absolute Gasteiger partial charge is 0.231 e. The van der Waals surface area contributed by atoms with Crippen molar-refractivity contribution in [3.63, 3.8) is 0 Å². The molecule has 0 heterocycles. The number of phenolic OH excluding ortho intramolecular Hbond substituents is 1. The predicted molar refractivity (Wildman–Crippen MR) is 63.1 cm³/mol. The molecule has 0 aromatic heterocycles. The van der Waals surface area contributed by atoms with E-state index in [-0.39, 0.29) is 24.2 Å². The summed E-state index contributed by atoms with van der Waals surface area (Å²) >= 11 is 0. The maximum absolute atomic E-state index is 10.8. The number of carbonyl (C=O) groups is 1. The highest BCUT2D eigenvalue weighted by molar-refractivity contribution is 5.75. The van der Waals surface area contributed by atoms with Gasteiger partial charge in [-0.15, -0.1) is 0 Å². The molecule has 0 radical (unpaired) electrons. The molecule has 0 aliphatic carbocycles. The number of hydrogen-bond donors (Lipinski definition) is 2. The maximum atomic E-state index is 10.8. The van der Waals surface area contributed by atoms with Crippen LogP contribution in [0.2, 0.25) is 0 Å². The van der Waals surface area contributed by atoms with Gasteiger partial charge in [0.2, 0.25) is 5.91 Å². The molecule has 0 aliphatic heterocycles. The fraction of sp³-hybridized carbons (Fsp3) is 0.417. The maximum Gasteiger partial charge on any atom is 0.231 e. The van der Waals surface area contributed by atoms with Crippen molar-refractivity contribution in [3.05, 3.63) is 29.3 Å². The molecule has 0 aliphatic rings. The number of hydrogen-bond acceptors (Lipinski definition) is 3. The van der Waals surface area contributed by atoms with Crippen molar-refractivity contribution in [2.75, 3.05) is 13.6 Å². The van der Waals surface area contributed by atoms with Crippen LogP contribution in [0.5, 0.6) is 5.75 Å². The van der Waals surface area contributed by atoms with Gasteiger partial charge in [0, 0.05) is 11.6 Å². The van der Waals surface area contributed by atoms with Gasteiger partial charge >= 0.3 is 0 Å². The van der Waals surface area contributed by atoms with Gasteiger partial charge in [0.05, 0.1) is 6.54 Å². The molecule has 0 bridgehead atoms. The van der Waals surface area contributed by atoms with Gasteiger partial charge in [0.15, 0.2) is 0 Å². The van der Waals surface area contributed by atoms with E-state index in [4.69, 9.17) is 5.73 Å². The Morgan fingerprint density at radius 2 is 2.19 bits per heavy atom. The van der Waals surface area contributed by atoms with Gasteiger partial charge in [-0.05, 0) is 27.0 Å². The average molecular weight is 222 g/mol. The van der Waals surface area contributed by atoms with Gasteiger partial charge in [-0.2, -0.15) is 0 Å². The molecule has 0 saturated carbocycles. The Labute approximate surface area is 95.7 Å². The first-order valence-electron chi connectivity index (χ1n) is 5.20. The zero-order valence-electron chi connectivity index (χ0n) is 9.90. The Bertz CT molecular complexity index is 391. The van der Waals surface area contributed by atoms with E-state index in [1.807, 2.05) is 26.0 Å². The first-order valence-corrected chi connectivity index (χ1v) is 5.20. The summed E-state index contributed by atoms with van der Waals surface area (Å²) in [6.07, 6.45) is 0. The summed E-state index contributed by atoms with van der Waals surface area (Å²) in [7, 11) is 1.80. The van der Waals surface area contributed by atoms with Crippen molar-refractivity contribution in [2.45, 2.75) is 19.9 Å². The van der Waals surface area contributed by atoms with Crippen molar-refractivity contribution in [1.82, 2.24) is 4.90 Å². The summed E-state index contributed by atoms with van der Waals surface area (Å²) in [4.78, 5) is 12.6. The van der Waals surface area contributed by atoms with Crippen LogP contribution in [0.4, 0.5) is 0 Å². The number of aromatic hydroxyl groups is 1. The summed E-state index contributed by atoms with van der Waals surface area (Å²) in [5.41, 5.74) is 7.02. The molecule has 0 saturated heterocycles. The number of rotatable bonds is 4. The molecule has 16 heavy (non-hydrogen) atoms. The first kappa shape index (κ1) is 12.5. The Balaban J connectivity index is 2.90. The zero-order chi connectivity index (χ0) is 12.3. The number of nitrogens with zero attached hydrogens (tertiary/aromatic N) is 1. The molecule has 4 nitrogen and oxygen atoms in total. The summed E-state index contributed by atoms with van der Waals surface area (Å²) in [6, 6.07) is 5.38. The largest absolute Gasteiger partial charge is 0.508 e. The second-order valence-corrected chi connectivity index (χ2v) is 4.12. The van der Waals surface area contributed by atoms with Crippen LogP contribution in [0, 0.1) is 6.92 Å². The fourth-order valence-electron chi connectivity index (χ4n) is 1.63. The molecule has 4 heteroatoms. The number of likely N-dealkylation sites (N-methyl/N-ethyl adjacent to an activating group) is 1. The van der Waals surface area contributed by atoms with Gasteiger partial charge in [-0.25, -0.2) is 0 Å². The van der Waals surface area contributed by atoms with Crippen molar-refractivity contribution >= 4 is 5.91 Å². The lowest BCUT2D eigenvalue weighted by atomic mass is 10.0.